The Bertz CT molecular complexity index is 272. The van der Waals surface area contributed by atoms with Crippen LogP contribution in [0.15, 0.2) is 23.3 Å². The molecule has 2 nitrogen and oxygen atoms in total. The molecule has 12 heavy (non-hydrogen) atoms. The fourth-order valence-electron chi connectivity index (χ4n) is 1.30. The van der Waals surface area contributed by atoms with Crippen LogP contribution in [0.2, 0.25) is 0 Å². The Labute approximate surface area is 72.4 Å². The minimum Gasteiger partial charge on any atom is -0.295 e. The lowest BCUT2D eigenvalue weighted by atomic mass is 10.2. The molecule has 0 aliphatic heterocycles. The van der Waals surface area contributed by atoms with Gasteiger partial charge in [0.1, 0.15) is 0 Å². The second-order valence-corrected chi connectivity index (χ2v) is 3.24. The van der Waals surface area contributed by atoms with Gasteiger partial charge in [-0.15, -0.1) is 0 Å². The van der Waals surface area contributed by atoms with Gasteiger partial charge in [-0.1, -0.05) is 6.07 Å². The molecule has 1 aliphatic carbocycles. The highest BCUT2D eigenvalue weighted by Crippen LogP contribution is 2.39. The van der Waals surface area contributed by atoms with Gasteiger partial charge in [0.2, 0.25) is 0 Å². The smallest absolute Gasteiger partial charge is 0.0804 e. The Kier molecular flexibility index (Phi) is 1.90. The SMILES string of the molecule is C=NCc1ccc(C2CC2)cn1. The van der Waals surface area contributed by atoms with E-state index >= 15 is 0 Å². The second-order valence-electron chi connectivity index (χ2n) is 3.24. The van der Waals surface area contributed by atoms with Crippen LogP contribution in [0.4, 0.5) is 0 Å². The zero-order valence-corrected chi connectivity index (χ0v) is 7.03. The predicted octanol–water partition coefficient (Wildman–Crippen LogP) is 2.16. The van der Waals surface area contributed by atoms with Crippen LogP contribution >= 0.6 is 0 Å². The van der Waals surface area contributed by atoms with Crippen molar-refractivity contribution in [2.24, 2.45) is 4.99 Å². The number of aromatic nitrogens is 1. The molecular formula is C10H12N2. The number of nitrogens with zero attached hydrogens (tertiary/aromatic N) is 2. The highest BCUT2D eigenvalue weighted by atomic mass is 14.8. The highest BCUT2D eigenvalue weighted by Gasteiger charge is 2.23. The molecule has 0 radical (unpaired) electrons. The maximum atomic E-state index is 4.30. The minimum absolute atomic E-state index is 0.630. The fraction of sp³-hybridized carbons (Fsp3) is 0.400. The van der Waals surface area contributed by atoms with Gasteiger partial charge in [0, 0.05) is 6.20 Å². The molecule has 2 rings (SSSR count). The van der Waals surface area contributed by atoms with Gasteiger partial charge >= 0.3 is 0 Å². The van der Waals surface area contributed by atoms with Crippen molar-refractivity contribution in [3.8, 4) is 0 Å². The molecule has 1 aromatic rings. The fourth-order valence-corrected chi connectivity index (χ4v) is 1.30. The number of hydrogen-bond acceptors (Lipinski definition) is 2. The van der Waals surface area contributed by atoms with Crippen LogP contribution in [-0.4, -0.2) is 11.7 Å². The first-order valence-corrected chi connectivity index (χ1v) is 4.27. The van der Waals surface area contributed by atoms with E-state index in [1.54, 1.807) is 0 Å². The van der Waals surface area contributed by atoms with E-state index in [0.717, 1.165) is 11.6 Å². The average molecular weight is 160 g/mol. The van der Waals surface area contributed by atoms with Crippen molar-refractivity contribution in [2.75, 3.05) is 0 Å². The Morgan fingerprint density at radius 1 is 1.50 bits per heavy atom. The van der Waals surface area contributed by atoms with Gasteiger partial charge in [-0.3, -0.25) is 9.98 Å². The van der Waals surface area contributed by atoms with E-state index in [4.69, 9.17) is 0 Å². The first-order valence-electron chi connectivity index (χ1n) is 4.27. The van der Waals surface area contributed by atoms with E-state index in [2.05, 4.69) is 22.8 Å². The van der Waals surface area contributed by atoms with Crippen molar-refractivity contribution in [2.45, 2.75) is 25.3 Å². The molecule has 1 aromatic heterocycles. The lowest BCUT2D eigenvalue weighted by Gasteiger charge is -1.98. The normalized spacial score (nSPS) is 16.0. The van der Waals surface area contributed by atoms with E-state index in [1.165, 1.54) is 18.4 Å². The van der Waals surface area contributed by atoms with Crippen LogP contribution in [-0.2, 0) is 6.54 Å². The Hall–Kier alpha value is -1.18. The van der Waals surface area contributed by atoms with E-state index < -0.39 is 0 Å². The van der Waals surface area contributed by atoms with E-state index in [-0.39, 0.29) is 0 Å². The zero-order valence-electron chi connectivity index (χ0n) is 7.03. The molecule has 62 valence electrons. The molecule has 0 N–H and O–H groups in total. The Morgan fingerprint density at radius 2 is 2.33 bits per heavy atom. The summed E-state index contributed by atoms with van der Waals surface area (Å²) in [6, 6.07) is 4.20. The van der Waals surface area contributed by atoms with Gasteiger partial charge in [0.15, 0.2) is 0 Å². The molecule has 1 heterocycles. The molecule has 2 heteroatoms. The second kappa shape index (κ2) is 3.05. The van der Waals surface area contributed by atoms with E-state index in [9.17, 15) is 0 Å². The molecule has 1 aliphatic rings. The standard InChI is InChI=1S/C10H12N2/c1-11-7-10-5-4-9(6-12-10)8-2-3-8/h4-6,8H,1-3,7H2. The molecular weight excluding hydrogens is 148 g/mol. The van der Waals surface area contributed by atoms with Gasteiger partial charge < -0.3 is 0 Å². The van der Waals surface area contributed by atoms with Gasteiger partial charge in [0.05, 0.1) is 12.2 Å². The summed E-state index contributed by atoms with van der Waals surface area (Å²) in [4.78, 5) is 8.08. The van der Waals surface area contributed by atoms with Crippen LogP contribution in [0, 0.1) is 0 Å². The predicted molar refractivity (Wildman–Crippen MR) is 49.5 cm³/mol. The molecule has 0 saturated heterocycles. The Morgan fingerprint density at radius 3 is 2.83 bits per heavy atom. The van der Waals surface area contributed by atoms with Crippen LogP contribution in [0.1, 0.15) is 30.0 Å². The van der Waals surface area contributed by atoms with Crippen LogP contribution < -0.4 is 0 Å². The molecule has 0 amide bonds. The van der Waals surface area contributed by atoms with Crippen molar-refractivity contribution in [3.05, 3.63) is 29.6 Å². The monoisotopic (exact) mass is 160 g/mol. The summed E-state index contributed by atoms with van der Waals surface area (Å²) in [5.74, 6) is 0.795. The van der Waals surface area contributed by atoms with Crippen LogP contribution in [0.5, 0.6) is 0 Å². The topological polar surface area (TPSA) is 25.2 Å². The maximum Gasteiger partial charge on any atom is 0.0804 e. The van der Waals surface area contributed by atoms with Crippen molar-refractivity contribution in [3.63, 3.8) is 0 Å². The first kappa shape index (κ1) is 7.47. The molecule has 0 spiro atoms. The van der Waals surface area contributed by atoms with E-state index in [1.807, 2.05) is 12.3 Å². The molecule has 0 bridgehead atoms. The van der Waals surface area contributed by atoms with Gasteiger partial charge in [-0.05, 0) is 37.1 Å². The van der Waals surface area contributed by atoms with Crippen molar-refractivity contribution in [1.82, 2.24) is 4.98 Å². The lowest BCUT2D eigenvalue weighted by Crippen LogP contribution is -1.88. The van der Waals surface area contributed by atoms with E-state index in [0.29, 0.717) is 6.54 Å². The average Bonchev–Trinajstić information content (AvgIpc) is 2.89. The summed E-state index contributed by atoms with van der Waals surface area (Å²) >= 11 is 0. The first-order chi connectivity index (χ1) is 5.90. The summed E-state index contributed by atoms with van der Waals surface area (Å²) in [5.41, 5.74) is 2.39. The third kappa shape index (κ3) is 1.52. The van der Waals surface area contributed by atoms with Crippen LogP contribution in [0.3, 0.4) is 0 Å². The van der Waals surface area contributed by atoms with Crippen molar-refractivity contribution >= 4 is 6.72 Å². The Balaban J connectivity index is 2.12. The molecule has 0 unspecified atom stereocenters. The maximum absolute atomic E-state index is 4.30. The molecule has 1 fully saturated rings. The molecule has 0 atom stereocenters. The summed E-state index contributed by atoms with van der Waals surface area (Å²) in [7, 11) is 0. The molecule has 1 saturated carbocycles. The number of aliphatic imine (C=N–C) groups is 1. The number of rotatable bonds is 3. The summed E-state index contributed by atoms with van der Waals surface area (Å²) in [6.45, 7) is 4.07. The van der Waals surface area contributed by atoms with Gasteiger partial charge in [0.25, 0.3) is 0 Å². The minimum atomic E-state index is 0.630. The summed E-state index contributed by atoms with van der Waals surface area (Å²) in [5, 5.41) is 0. The largest absolute Gasteiger partial charge is 0.295 e. The number of pyridine rings is 1. The quantitative estimate of drug-likeness (QED) is 0.622. The third-order valence-corrected chi connectivity index (χ3v) is 2.17. The van der Waals surface area contributed by atoms with Crippen molar-refractivity contribution in [1.29, 1.82) is 0 Å². The van der Waals surface area contributed by atoms with Crippen LogP contribution in [0.25, 0.3) is 0 Å². The lowest BCUT2D eigenvalue weighted by molar-refractivity contribution is 0.976. The summed E-state index contributed by atoms with van der Waals surface area (Å²) in [6.07, 6.45) is 4.64. The van der Waals surface area contributed by atoms with Gasteiger partial charge in [-0.2, -0.15) is 0 Å². The molecule has 0 aromatic carbocycles. The third-order valence-electron chi connectivity index (χ3n) is 2.17. The summed E-state index contributed by atoms with van der Waals surface area (Å²) < 4.78 is 0. The van der Waals surface area contributed by atoms with Gasteiger partial charge in [-0.25, -0.2) is 0 Å². The zero-order chi connectivity index (χ0) is 8.39. The van der Waals surface area contributed by atoms with Crippen molar-refractivity contribution < 1.29 is 0 Å². The highest BCUT2D eigenvalue weighted by molar-refractivity contribution is 5.25. The number of hydrogen-bond donors (Lipinski definition) is 0.